The van der Waals surface area contributed by atoms with Crippen LogP contribution in [0.3, 0.4) is 0 Å². The fraction of sp³-hybridized carbons (Fsp3) is 0.400. The largest absolute Gasteiger partial charge is 0.322 e. The molecule has 1 aliphatic rings. The van der Waals surface area contributed by atoms with Crippen molar-refractivity contribution >= 4 is 33.2 Å². The Morgan fingerprint density at radius 2 is 1.86 bits per heavy atom. The van der Waals surface area contributed by atoms with Crippen molar-refractivity contribution in [3.63, 3.8) is 0 Å². The third-order valence-electron chi connectivity index (χ3n) is 5.17. The Kier molecular flexibility index (Phi) is 6.58. The molecule has 1 amide bonds. The summed E-state index contributed by atoms with van der Waals surface area (Å²) < 4.78 is 27.5. The molecule has 0 unspecified atom stereocenters. The van der Waals surface area contributed by atoms with Gasteiger partial charge in [0.1, 0.15) is 0 Å². The van der Waals surface area contributed by atoms with E-state index in [0.717, 1.165) is 11.1 Å². The summed E-state index contributed by atoms with van der Waals surface area (Å²) >= 11 is 6.00. The molecule has 1 saturated heterocycles. The molecule has 0 saturated carbocycles. The third-order valence-corrected chi connectivity index (χ3v) is 7.53. The number of nitrogens with one attached hydrogen (secondary N) is 1. The van der Waals surface area contributed by atoms with Crippen LogP contribution >= 0.6 is 11.6 Å². The van der Waals surface area contributed by atoms with Gasteiger partial charge in [-0.1, -0.05) is 29.3 Å². The predicted molar refractivity (Wildman–Crippen MR) is 114 cm³/mol. The minimum Gasteiger partial charge on any atom is -0.322 e. The molecule has 29 heavy (non-hydrogen) atoms. The minimum atomic E-state index is -3.55. The molecule has 0 radical (unpaired) electrons. The van der Waals surface area contributed by atoms with Gasteiger partial charge in [-0.2, -0.15) is 4.31 Å². The summed E-state index contributed by atoms with van der Waals surface area (Å²) in [5.74, 6) is -0.203. The van der Waals surface area contributed by atoms with E-state index in [2.05, 4.69) is 10.3 Å². The second-order valence-corrected chi connectivity index (χ2v) is 9.48. The van der Waals surface area contributed by atoms with Crippen LogP contribution in [0.25, 0.3) is 0 Å². The number of rotatable bonds is 5. The minimum absolute atomic E-state index is 0.203. The van der Waals surface area contributed by atoms with Crippen LogP contribution in [-0.4, -0.2) is 60.7 Å². The fourth-order valence-electron chi connectivity index (χ4n) is 3.44. The number of anilines is 1. The van der Waals surface area contributed by atoms with E-state index in [-0.39, 0.29) is 11.1 Å². The van der Waals surface area contributed by atoms with Crippen LogP contribution in [0.2, 0.25) is 5.15 Å². The zero-order chi connectivity index (χ0) is 21.2. The van der Waals surface area contributed by atoms with Crippen molar-refractivity contribution in [3.05, 3.63) is 52.8 Å². The number of carbonyl (C=O) groups is 1. The van der Waals surface area contributed by atoms with Crippen molar-refractivity contribution in [2.24, 2.45) is 0 Å². The summed E-state index contributed by atoms with van der Waals surface area (Å²) in [6.07, 6.45) is 1.55. The second kappa shape index (κ2) is 8.79. The summed E-state index contributed by atoms with van der Waals surface area (Å²) in [7, 11) is -3.55. The standard InChI is InChI=1S/C20H25ClN4O3S/c1-14-6-7-18(15(2)13-14)29(27,28)25-11-9-24(10-12-25)16(3)20(26)23-17-5-4-8-22-19(17)21/h4-8,13,16H,9-12H2,1-3H3,(H,23,26)/t16-/m1/s1. The Hall–Kier alpha value is -2.00. The van der Waals surface area contributed by atoms with Crippen molar-refractivity contribution in [1.82, 2.24) is 14.2 Å². The fourth-order valence-corrected chi connectivity index (χ4v) is 5.24. The topological polar surface area (TPSA) is 82.6 Å². The summed E-state index contributed by atoms with van der Waals surface area (Å²) in [6.45, 7) is 7.16. The van der Waals surface area contributed by atoms with Crippen LogP contribution in [-0.2, 0) is 14.8 Å². The maximum absolute atomic E-state index is 13.0. The van der Waals surface area contributed by atoms with E-state index in [1.165, 1.54) is 4.31 Å². The van der Waals surface area contributed by atoms with Gasteiger partial charge < -0.3 is 5.32 Å². The number of piperazine rings is 1. The average molecular weight is 437 g/mol. The van der Waals surface area contributed by atoms with Gasteiger partial charge in [0.15, 0.2) is 5.15 Å². The molecule has 156 valence electrons. The average Bonchev–Trinajstić information content (AvgIpc) is 2.69. The number of nitrogens with zero attached hydrogens (tertiary/aromatic N) is 3. The molecule has 1 fully saturated rings. The molecule has 0 spiro atoms. The maximum atomic E-state index is 13.0. The number of hydrogen-bond donors (Lipinski definition) is 1. The van der Waals surface area contributed by atoms with E-state index in [1.54, 1.807) is 31.3 Å². The molecule has 1 aromatic carbocycles. The van der Waals surface area contributed by atoms with Crippen LogP contribution in [0.1, 0.15) is 18.1 Å². The molecule has 2 aromatic rings. The van der Waals surface area contributed by atoms with E-state index < -0.39 is 16.1 Å². The Morgan fingerprint density at radius 1 is 1.17 bits per heavy atom. The van der Waals surface area contributed by atoms with E-state index in [0.29, 0.717) is 36.8 Å². The number of aryl methyl sites for hydroxylation is 2. The second-order valence-electron chi connectivity index (χ2n) is 7.22. The van der Waals surface area contributed by atoms with Gasteiger partial charge in [0, 0.05) is 32.4 Å². The number of amides is 1. The van der Waals surface area contributed by atoms with Gasteiger partial charge in [0.25, 0.3) is 0 Å². The highest BCUT2D eigenvalue weighted by atomic mass is 35.5. The lowest BCUT2D eigenvalue weighted by Crippen LogP contribution is -2.54. The molecular weight excluding hydrogens is 412 g/mol. The van der Waals surface area contributed by atoms with E-state index in [9.17, 15) is 13.2 Å². The van der Waals surface area contributed by atoms with Crippen molar-refractivity contribution < 1.29 is 13.2 Å². The van der Waals surface area contributed by atoms with Gasteiger partial charge in [-0.25, -0.2) is 13.4 Å². The highest BCUT2D eigenvalue weighted by Gasteiger charge is 2.32. The van der Waals surface area contributed by atoms with Crippen molar-refractivity contribution in [3.8, 4) is 0 Å². The summed E-state index contributed by atoms with van der Waals surface area (Å²) in [4.78, 5) is 18.8. The lowest BCUT2D eigenvalue weighted by molar-refractivity contribution is -0.121. The lowest BCUT2D eigenvalue weighted by Gasteiger charge is -2.36. The quantitative estimate of drug-likeness (QED) is 0.728. The van der Waals surface area contributed by atoms with Crippen LogP contribution < -0.4 is 5.32 Å². The molecule has 7 nitrogen and oxygen atoms in total. The first-order valence-electron chi connectivity index (χ1n) is 9.43. The van der Waals surface area contributed by atoms with Gasteiger partial charge in [0.05, 0.1) is 16.6 Å². The van der Waals surface area contributed by atoms with Crippen LogP contribution in [0.15, 0.2) is 41.4 Å². The summed E-state index contributed by atoms with van der Waals surface area (Å²) in [6, 6.07) is 8.32. The zero-order valence-electron chi connectivity index (χ0n) is 16.7. The molecule has 2 heterocycles. The number of benzene rings is 1. The molecular formula is C20H25ClN4O3S. The number of pyridine rings is 1. The van der Waals surface area contributed by atoms with Crippen molar-refractivity contribution in [2.45, 2.75) is 31.7 Å². The highest BCUT2D eigenvalue weighted by molar-refractivity contribution is 7.89. The van der Waals surface area contributed by atoms with Crippen molar-refractivity contribution in [1.29, 1.82) is 0 Å². The van der Waals surface area contributed by atoms with E-state index >= 15 is 0 Å². The van der Waals surface area contributed by atoms with E-state index in [4.69, 9.17) is 11.6 Å². The highest BCUT2D eigenvalue weighted by Crippen LogP contribution is 2.23. The number of hydrogen-bond acceptors (Lipinski definition) is 5. The van der Waals surface area contributed by atoms with Crippen LogP contribution in [0, 0.1) is 13.8 Å². The monoisotopic (exact) mass is 436 g/mol. The molecule has 9 heteroatoms. The maximum Gasteiger partial charge on any atom is 0.243 e. The molecule has 0 aliphatic carbocycles. The van der Waals surface area contributed by atoms with Crippen LogP contribution in [0.5, 0.6) is 0 Å². The van der Waals surface area contributed by atoms with Gasteiger partial charge in [-0.3, -0.25) is 9.69 Å². The number of sulfonamides is 1. The Labute approximate surface area is 176 Å². The summed E-state index contributed by atoms with van der Waals surface area (Å²) in [5.41, 5.74) is 2.23. The number of halogens is 1. The van der Waals surface area contributed by atoms with Gasteiger partial charge >= 0.3 is 0 Å². The Bertz CT molecular complexity index is 1000. The number of aromatic nitrogens is 1. The third kappa shape index (κ3) is 4.78. The Morgan fingerprint density at radius 3 is 2.48 bits per heavy atom. The van der Waals surface area contributed by atoms with Crippen molar-refractivity contribution in [2.75, 3.05) is 31.5 Å². The lowest BCUT2D eigenvalue weighted by atomic mass is 10.2. The van der Waals surface area contributed by atoms with Gasteiger partial charge in [-0.15, -0.1) is 0 Å². The smallest absolute Gasteiger partial charge is 0.243 e. The predicted octanol–water partition coefficient (Wildman–Crippen LogP) is 2.69. The van der Waals surface area contributed by atoms with Gasteiger partial charge in [-0.05, 0) is 44.5 Å². The first-order valence-corrected chi connectivity index (χ1v) is 11.2. The van der Waals surface area contributed by atoms with E-state index in [1.807, 2.05) is 30.9 Å². The molecule has 0 bridgehead atoms. The normalized spacial score (nSPS) is 17.1. The molecule has 1 N–H and O–H groups in total. The summed E-state index contributed by atoms with van der Waals surface area (Å²) in [5, 5.41) is 3.01. The van der Waals surface area contributed by atoms with Crippen LogP contribution in [0.4, 0.5) is 5.69 Å². The SMILES string of the molecule is Cc1ccc(S(=O)(=O)N2CCN([C@H](C)C(=O)Nc3cccnc3Cl)CC2)c(C)c1. The number of carbonyl (C=O) groups excluding carboxylic acids is 1. The molecule has 1 aromatic heterocycles. The zero-order valence-corrected chi connectivity index (χ0v) is 18.3. The first kappa shape index (κ1) is 21.7. The Balaban J connectivity index is 1.63. The molecule has 1 atom stereocenters. The molecule has 1 aliphatic heterocycles. The molecule has 3 rings (SSSR count). The first-order chi connectivity index (χ1) is 13.7. The van der Waals surface area contributed by atoms with Gasteiger partial charge in [0.2, 0.25) is 15.9 Å².